The number of hydrogen-bond donors (Lipinski definition) is 3. The van der Waals surface area contributed by atoms with Crippen molar-refractivity contribution in [3.05, 3.63) is 35.1 Å². The predicted octanol–water partition coefficient (Wildman–Crippen LogP) is 3.52. The Morgan fingerprint density at radius 3 is 2.41 bits per heavy atom. The van der Waals surface area contributed by atoms with Crippen LogP contribution in [-0.4, -0.2) is 37.8 Å². The molecule has 5 nitrogen and oxygen atoms in total. The highest BCUT2D eigenvalue weighted by Crippen LogP contribution is 2.17. The standard InChI is InChI=1S/C19H31FN4OS.HI/c1-6-21-18(23-10-9-22-17(25)19(2,3)4)24-12-14-7-8-16(20)11-15(14)13-26-5;/h7-8,11H,6,9-10,12-13H2,1-5H3,(H,22,25)(H2,21,23,24);1H. The van der Waals surface area contributed by atoms with Gasteiger partial charge in [-0.3, -0.25) is 4.79 Å². The van der Waals surface area contributed by atoms with Crippen molar-refractivity contribution in [3.8, 4) is 0 Å². The van der Waals surface area contributed by atoms with Crippen LogP contribution in [0.15, 0.2) is 23.2 Å². The Balaban J connectivity index is 0.00000676. The molecule has 1 amide bonds. The zero-order valence-electron chi connectivity index (χ0n) is 16.8. The van der Waals surface area contributed by atoms with Crippen LogP contribution in [0.1, 0.15) is 38.8 Å². The number of carbonyl (C=O) groups is 1. The van der Waals surface area contributed by atoms with Crippen molar-refractivity contribution in [1.29, 1.82) is 0 Å². The van der Waals surface area contributed by atoms with Gasteiger partial charge in [0.1, 0.15) is 5.82 Å². The molecule has 0 bridgehead atoms. The number of nitrogens with zero attached hydrogens (tertiary/aromatic N) is 1. The number of benzene rings is 1. The van der Waals surface area contributed by atoms with Gasteiger partial charge in [0, 0.05) is 30.8 Å². The van der Waals surface area contributed by atoms with Gasteiger partial charge in [0.25, 0.3) is 0 Å². The van der Waals surface area contributed by atoms with E-state index in [-0.39, 0.29) is 35.7 Å². The van der Waals surface area contributed by atoms with Crippen LogP contribution in [0, 0.1) is 11.2 Å². The first-order chi connectivity index (χ1) is 12.3. The fourth-order valence-electron chi connectivity index (χ4n) is 2.17. The normalized spacial score (nSPS) is 11.6. The average Bonchev–Trinajstić information content (AvgIpc) is 2.56. The number of guanidine groups is 1. The van der Waals surface area contributed by atoms with Crippen LogP contribution in [0.4, 0.5) is 4.39 Å². The number of amides is 1. The summed E-state index contributed by atoms with van der Waals surface area (Å²) < 4.78 is 13.4. The van der Waals surface area contributed by atoms with E-state index in [0.29, 0.717) is 25.6 Å². The van der Waals surface area contributed by atoms with Crippen LogP contribution >= 0.6 is 35.7 Å². The van der Waals surface area contributed by atoms with E-state index in [1.807, 2.05) is 34.0 Å². The SMILES string of the molecule is CCNC(=NCc1ccc(F)cc1CSC)NCCNC(=O)C(C)(C)C.I. The summed E-state index contributed by atoms with van der Waals surface area (Å²) in [6.45, 7) is 9.96. The fourth-order valence-corrected chi connectivity index (χ4v) is 2.75. The van der Waals surface area contributed by atoms with Crippen molar-refractivity contribution in [2.24, 2.45) is 10.4 Å². The number of thioether (sulfide) groups is 1. The van der Waals surface area contributed by atoms with E-state index in [2.05, 4.69) is 20.9 Å². The molecule has 0 fully saturated rings. The predicted molar refractivity (Wildman–Crippen MR) is 124 cm³/mol. The van der Waals surface area contributed by atoms with Gasteiger partial charge in [-0.25, -0.2) is 9.38 Å². The Hall–Kier alpha value is -1.03. The molecule has 0 aromatic heterocycles. The molecule has 0 saturated heterocycles. The van der Waals surface area contributed by atoms with Gasteiger partial charge in [-0.1, -0.05) is 26.8 Å². The first kappa shape index (κ1) is 26.0. The monoisotopic (exact) mass is 510 g/mol. The number of carbonyl (C=O) groups excluding carboxylic acids is 1. The van der Waals surface area contributed by atoms with Crippen LogP contribution in [0.3, 0.4) is 0 Å². The highest BCUT2D eigenvalue weighted by molar-refractivity contribution is 14.0. The summed E-state index contributed by atoms with van der Waals surface area (Å²) in [6.07, 6.45) is 2.00. The molecule has 0 aliphatic rings. The van der Waals surface area contributed by atoms with E-state index >= 15 is 0 Å². The first-order valence-electron chi connectivity index (χ1n) is 8.84. The van der Waals surface area contributed by atoms with E-state index in [1.54, 1.807) is 23.9 Å². The lowest BCUT2D eigenvalue weighted by molar-refractivity contribution is -0.128. The van der Waals surface area contributed by atoms with Crippen LogP contribution in [0.5, 0.6) is 0 Å². The molecular formula is C19H32FIN4OS. The molecule has 1 rings (SSSR count). The van der Waals surface area contributed by atoms with Crippen molar-refractivity contribution >= 4 is 47.6 Å². The number of rotatable bonds is 8. The highest BCUT2D eigenvalue weighted by Gasteiger charge is 2.20. The third-order valence-electron chi connectivity index (χ3n) is 3.60. The Bertz CT molecular complexity index is 620. The van der Waals surface area contributed by atoms with E-state index in [9.17, 15) is 9.18 Å². The molecule has 0 aliphatic heterocycles. The molecule has 1 aromatic carbocycles. The van der Waals surface area contributed by atoms with E-state index in [4.69, 9.17) is 0 Å². The maximum absolute atomic E-state index is 13.4. The smallest absolute Gasteiger partial charge is 0.225 e. The first-order valence-corrected chi connectivity index (χ1v) is 10.2. The number of aliphatic imine (C=N–C) groups is 1. The maximum Gasteiger partial charge on any atom is 0.225 e. The van der Waals surface area contributed by atoms with Crippen molar-refractivity contribution in [2.75, 3.05) is 25.9 Å². The van der Waals surface area contributed by atoms with Crippen LogP contribution in [0.25, 0.3) is 0 Å². The lowest BCUT2D eigenvalue weighted by atomic mass is 9.96. The molecule has 0 unspecified atom stereocenters. The molecule has 3 N–H and O–H groups in total. The second-order valence-corrected chi connectivity index (χ2v) is 7.84. The Labute approximate surface area is 183 Å². The van der Waals surface area contributed by atoms with Gasteiger partial charge in [-0.15, -0.1) is 24.0 Å². The lowest BCUT2D eigenvalue weighted by Gasteiger charge is -2.18. The summed E-state index contributed by atoms with van der Waals surface area (Å²) in [5.41, 5.74) is 1.59. The van der Waals surface area contributed by atoms with Gasteiger partial charge in [-0.2, -0.15) is 11.8 Å². The van der Waals surface area contributed by atoms with Crippen LogP contribution in [-0.2, 0) is 17.1 Å². The van der Waals surface area contributed by atoms with Crippen LogP contribution < -0.4 is 16.0 Å². The lowest BCUT2D eigenvalue weighted by Crippen LogP contribution is -2.43. The highest BCUT2D eigenvalue weighted by atomic mass is 127. The molecule has 0 saturated carbocycles. The third kappa shape index (κ3) is 10.2. The Morgan fingerprint density at radius 2 is 1.81 bits per heavy atom. The molecule has 8 heteroatoms. The minimum atomic E-state index is -0.394. The topological polar surface area (TPSA) is 65.5 Å². The van der Waals surface area contributed by atoms with E-state index in [0.717, 1.165) is 23.4 Å². The summed E-state index contributed by atoms with van der Waals surface area (Å²) in [4.78, 5) is 16.4. The minimum absolute atomic E-state index is 0. The second-order valence-electron chi connectivity index (χ2n) is 6.97. The summed E-state index contributed by atoms with van der Waals surface area (Å²) in [6, 6.07) is 4.83. The molecule has 0 radical (unpaired) electrons. The molecule has 0 spiro atoms. The quantitative estimate of drug-likeness (QED) is 0.217. The molecule has 1 aromatic rings. The molecule has 154 valence electrons. The minimum Gasteiger partial charge on any atom is -0.357 e. The Kier molecular flexibility index (Phi) is 12.7. The van der Waals surface area contributed by atoms with Crippen molar-refractivity contribution in [3.63, 3.8) is 0 Å². The van der Waals surface area contributed by atoms with Gasteiger partial charge in [-0.05, 0) is 36.4 Å². The Morgan fingerprint density at radius 1 is 1.15 bits per heavy atom. The van der Waals surface area contributed by atoms with E-state index < -0.39 is 5.41 Å². The molecule has 0 aliphatic carbocycles. The summed E-state index contributed by atoms with van der Waals surface area (Å²) in [5.74, 6) is 1.23. The van der Waals surface area contributed by atoms with Crippen LogP contribution in [0.2, 0.25) is 0 Å². The molecule has 0 atom stereocenters. The van der Waals surface area contributed by atoms with Gasteiger partial charge >= 0.3 is 0 Å². The van der Waals surface area contributed by atoms with Gasteiger partial charge in [0.05, 0.1) is 6.54 Å². The third-order valence-corrected chi connectivity index (χ3v) is 4.20. The average molecular weight is 510 g/mol. The number of halogens is 2. The van der Waals surface area contributed by atoms with E-state index in [1.165, 1.54) is 6.07 Å². The summed E-state index contributed by atoms with van der Waals surface area (Å²) >= 11 is 1.66. The summed E-state index contributed by atoms with van der Waals surface area (Å²) in [7, 11) is 0. The van der Waals surface area contributed by atoms with Gasteiger partial charge in [0.2, 0.25) is 5.91 Å². The molecular weight excluding hydrogens is 478 g/mol. The van der Waals surface area contributed by atoms with Gasteiger partial charge < -0.3 is 16.0 Å². The summed E-state index contributed by atoms with van der Waals surface area (Å²) in [5, 5.41) is 9.28. The fraction of sp³-hybridized carbons (Fsp3) is 0.579. The van der Waals surface area contributed by atoms with Crippen molar-refractivity contribution in [2.45, 2.75) is 40.0 Å². The van der Waals surface area contributed by atoms with Crippen molar-refractivity contribution in [1.82, 2.24) is 16.0 Å². The van der Waals surface area contributed by atoms with Crippen molar-refractivity contribution < 1.29 is 9.18 Å². The molecule has 27 heavy (non-hydrogen) atoms. The largest absolute Gasteiger partial charge is 0.357 e. The maximum atomic E-state index is 13.4. The zero-order valence-corrected chi connectivity index (χ0v) is 20.0. The van der Waals surface area contributed by atoms with Gasteiger partial charge in [0.15, 0.2) is 5.96 Å². The number of nitrogens with one attached hydrogen (secondary N) is 3. The second kappa shape index (κ2) is 13.2. The molecule has 0 heterocycles. The zero-order chi connectivity index (χ0) is 19.6. The number of hydrogen-bond acceptors (Lipinski definition) is 3.